The molecule has 30 heavy (non-hydrogen) atoms. The van der Waals surface area contributed by atoms with E-state index in [1.165, 1.54) is 9.87 Å². The summed E-state index contributed by atoms with van der Waals surface area (Å²) in [6, 6.07) is 16.8. The van der Waals surface area contributed by atoms with Gasteiger partial charge < -0.3 is 10.2 Å². The monoisotopic (exact) mass is 449 g/mol. The summed E-state index contributed by atoms with van der Waals surface area (Å²) in [7, 11) is -3.41. The van der Waals surface area contributed by atoms with Crippen LogP contribution in [-0.2, 0) is 16.4 Å². The molecule has 3 rings (SSSR count). The first-order valence-corrected chi connectivity index (χ1v) is 12.2. The second-order valence-corrected chi connectivity index (χ2v) is 9.88. The maximum absolute atomic E-state index is 13.1. The largest absolute Gasteiger partial charge is 0.338 e. The molecule has 0 radical (unpaired) electrons. The van der Waals surface area contributed by atoms with Crippen molar-refractivity contribution in [1.29, 1.82) is 0 Å². The SMILES string of the molecule is O=C(c1cccc(Cl)c1)N(CCCc1ccccc1)CCS(=O)(=O)N1CCNCC1. The van der Waals surface area contributed by atoms with Crippen LogP contribution in [0.4, 0.5) is 0 Å². The van der Waals surface area contributed by atoms with Crippen molar-refractivity contribution in [1.82, 2.24) is 14.5 Å². The Bertz CT molecular complexity index is 932. The third kappa shape index (κ3) is 6.54. The highest BCUT2D eigenvalue weighted by molar-refractivity contribution is 7.89. The van der Waals surface area contributed by atoms with Crippen LogP contribution in [0.3, 0.4) is 0 Å². The molecule has 1 N–H and O–H groups in total. The summed E-state index contributed by atoms with van der Waals surface area (Å²) >= 11 is 6.05. The normalized spacial score (nSPS) is 15.1. The van der Waals surface area contributed by atoms with Crippen molar-refractivity contribution in [2.75, 3.05) is 45.0 Å². The molecule has 0 spiro atoms. The van der Waals surface area contributed by atoms with Crippen LogP contribution in [-0.4, -0.2) is 68.6 Å². The number of benzene rings is 2. The fourth-order valence-electron chi connectivity index (χ4n) is 3.51. The van der Waals surface area contributed by atoms with Crippen LogP contribution in [0.15, 0.2) is 54.6 Å². The number of amides is 1. The predicted octanol–water partition coefficient (Wildman–Crippen LogP) is 2.65. The lowest BCUT2D eigenvalue weighted by Gasteiger charge is -2.28. The van der Waals surface area contributed by atoms with Gasteiger partial charge in [0.1, 0.15) is 0 Å². The van der Waals surface area contributed by atoms with Crippen molar-refractivity contribution in [3.8, 4) is 0 Å². The fourth-order valence-corrected chi connectivity index (χ4v) is 5.15. The maximum atomic E-state index is 13.1. The van der Waals surface area contributed by atoms with Gasteiger partial charge in [0.25, 0.3) is 5.91 Å². The number of nitrogens with zero attached hydrogens (tertiary/aromatic N) is 2. The summed E-state index contributed by atoms with van der Waals surface area (Å²) in [6.45, 7) is 2.89. The summed E-state index contributed by atoms with van der Waals surface area (Å²) in [6.07, 6.45) is 1.58. The highest BCUT2D eigenvalue weighted by Gasteiger charge is 2.26. The van der Waals surface area contributed by atoms with Gasteiger partial charge in [0.2, 0.25) is 10.0 Å². The highest BCUT2D eigenvalue weighted by atomic mass is 35.5. The second-order valence-electron chi connectivity index (χ2n) is 7.36. The van der Waals surface area contributed by atoms with Gasteiger partial charge in [-0.3, -0.25) is 4.79 Å². The summed E-state index contributed by atoms with van der Waals surface area (Å²) < 4.78 is 27.0. The number of piperazine rings is 1. The summed E-state index contributed by atoms with van der Waals surface area (Å²) in [5, 5.41) is 3.64. The molecule has 6 nitrogen and oxygen atoms in total. The van der Waals surface area contributed by atoms with E-state index in [-0.39, 0.29) is 18.2 Å². The molecular weight excluding hydrogens is 422 g/mol. The molecule has 2 aromatic rings. The lowest BCUT2D eigenvalue weighted by atomic mass is 10.1. The minimum Gasteiger partial charge on any atom is -0.338 e. The molecular formula is C22H28ClN3O3S. The molecule has 1 fully saturated rings. The van der Waals surface area contributed by atoms with Crippen LogP contribution < -0.4 is 5.32 Å². The van der Waals surface area contributed by atoms with E-state index in [2.05, 4.69) is 17.4 Å². The van der Waals surface area contributed by atoms with Gasteiger partial charge in [-0.25, -0.2) is 8.42 Å². The number of halogens is 1. The Morgan fingerprint density at radius 1 is 1.03 bits per heavy atom. The van der Waals surface area contributed by atoms with E-state index in [1.807, 2.05) is 18.2 Å². The molecule has 2 aromatic carbocycles. The molecule has 0 aromatic heterocycles. The minimum atomic E-state index is -3.41. The number of carbonyl (C=O) groups excluding carboxylic acids is 1. The molecule has 162 valence electrons. The average molecular weight is 450 g/mol. The van der Waals surface area contributed by atoms with Crippen LogP contribution in [0.1, 0.15) is 22.3 Å². The molecule has 8 heteroatoms. The van der Waals surface area contributed by atoms with Gasteiger partial charge in [0.05, 0.1) is 5.75 Å². The number of hydrogen-bond acceptors (Lipinski definition) is 4. The molecule has 0 bridgehead atoms. The summed E-state index contributed by atoms with van der Waals surface area (Å²) in [5.41, 5.74) is 1.67. The summed E-state index contributed by atoms with van der Waals surface area (Å²) in [5.74, 6) is -0.272. The molecule has 0 unspecified atom stereocenters. The Kier molecular flexibility index (Phi) is 8.27. The molecule has 1 saturated heterocycles. The van der Waals surface area contributed by atoms with E-state index in [0.29, 0.717) is 43.3 Å². The van der Waals surface area contributed by atoms with Gasteiger partial charge in [0, 0.05) is 49.9 Å². The number of nitrogens with one attached hydrogen (secondary N) is 1. The molecule has 0 atom stereocenters. The van der Waals surface area contributed by atoms with Crippen molar-refractivity contribution >= 4 is 27.5 Å². The predicted molar refractivity (Wildman–Crippen MR) is 120 cm³/mol. The van der Waals surface area contributed by atoms with Gasteiger partial charge >= 0.3 is 0 Å². The van der Waals surface area contributed by atoms with Gasteiger partial charge in [-0.15, -0.1) is 0 Å². The Labute approximate surface area is 183 Å². The van der Waals surface area contributed by atoms with Crippen molar-refractivity contribution in [3.63, 3.8) is 0 Å². The number of sulfonamides is 1. The maximum Gasteiger partial charge on any atom is 0.253 e. The van der Waals surface area contributed by atoms with E-state index in [9.17, 15) is 13.2 Å². The van der Waals surface area contributed by atoms with Gasteiger partial charge in [-0.1, -0.05) is 48.0 Å². The first-order valence-electron chi connectivity index (χ1n) is 10.2. The summed E-state index contributed by atoms with van der Waals surface area (Å²) in [4.78, 5) is 14.7. The second kappa shape index (κ2) is 10.9. The zero-order valence-corrected chi connectivity index (χ0v) is 18.5. The average Bonchev–Trinajstić information content (AvgIpc) is 2.77. The molecule has 0 aliphatic carbocycles. The van der Waals surface area contributed by atoms with Crippen LogP contribution in [0, 0.1) is 0 Å². The van der Waals surface area contributed by atoms with E-state index in [1.54, 1.807) is 29.2 Å². The van der Waals surface area contributed by atoms with Crippen molar-refractivity contribution in [2.45, 2.75) is 12.8 Å². The van der Waals surface area contributed by atoms with Crippen LogP contribution in [0.5, 0.6) is 0 Å². The third-order valence-corrected chi connectivity index (χ3v) is 7.27. The zero-order valence-electron chi connectivity index (χ0n) is 17.0. The van der Waals surface area contributed by atoms with E-state index in [4.69, 9.17) is 11.6 Å². The lowest BCUT2D eigenvalue weighted by Crippen LogP contribution is -2.48. The first kappa shape index (κ1) is 22.7. The Morgan fingerprint density at radius 2 is 1.77 bits per heavy atom. The van der Waals surface area contributed by atoms with Crippen LogP contribution in [0.25, 0.3) is 0 Å². The van der Waals surface area contributed by atoms with Gasteiger partial charge in [-0.05, 0) is 36.6 Å². The van der Waals surface area contributed by atoms with Gasteiger partial charge in [-0.2, -0.15) is 4.31 Å². The smallest absolute Gasteiger partial charge is 0.253 e. The van der Waals surface area contributed by atoms with E-state index < -0.39 is 10.0 Å². The number of hydrogen-bond donors (Lipinski definition) is 1. The number of aryl methyl sites for hydroxylation is 1. The first-order chi connectivity index (χ1) is 14.5. The van der Waals surface area contributed by atoms with Crippen molar-refractivity contribution in [2.24, 2.45) is 0 Å². The number of carbonyl (C=O) groups is 1. The fraction of sp³-hybridized carbons (Fsp3) is 0.409. The minimum absolute atomic E-state index is 0.0787. The molecule has 1 aliphatic heterocycles. The van der Waals surface area contributed by atoms with Crippen LogP contribution in [0.2, 0.25) is 5.02 Å². The highest BCUT2D eigenvalue weighted by Crippen LogP contribution is 2.14. The van der Waals surface area contributed by atoms with Crippen molar-refractivity contribution in [3.05, 3.63) is 70.7 Å². The molecule has 1 amide bonds. The van der Waals surface area contributed by atoms with Crippen molar-refractivity contribution < 1.29 is 13.2 Å². The Balaban J connectivity index is 1.67. The zero-order chi connectivity index (χ0) is 21.4. The molecule has 1 aliphatic rings. The quantitative estimate of drug-likeness (QED) is 0.639. The third-order valence-electron chi connectivity index (χ3n) is 5.18. The standard InChI is InChI=1S/C22H28ClN3O3S/c23-21-10-4-9-20(18-21)22(27)25(13-5-8-19-6-2-1-3-7-19)16-17-30(28,29)26-14-11-24-12-15-26/h1-4,6-7,9-10,18,24H,5,8,11-17H2. The topological polar surface area (TPSA) is 69.7 Å². The Hall–Kier alpha value is -1.93. The Morgan fingerprint density at radius 3 is 2.47 bits per heavy atom. The van der Waals surface area contributed by atoms with E-state index >= 15 is 0 Å². The number of rotatable bonds is 9. The lowest BCUT2D eigenvalue weighted by molar-refractivity contribution is 0.0763. The van der Waals surface area contributed by atoms with Crippen LogP contribution >= 0.6 is 11.6 Å². The molecule has 0 saturated carbocycles. The van der Waals surface area contributed by atoms with E-state index in [0.717, 1.165) is 12.8 Å². The van der Waals surface area contributed by atoms with Gasteiger partial charge in [0.15, 0.2) is 0 Å². The molecule has 1 heterocycles.